The van der Waals surface area contributed by atoms with E-state index < -0.39 is 14.1 Å². The Morgan fingerprint density at radius 3 is 1.50 bits per heavy atom. The molecule has 2 aromatic rings. The Kier molecular flexibility index (Phi) is 8.87. The highest BCUT2D eigenvalue weighted by atomic mass is 31.2. The fourth-order valence-electron chi connectivity index (χ4n) is 3.23. The van der Waals surface area contributed by atoms with Crippen LogP contribution in [0.15, 0.2) is 60.7 Å². The van der Waals surface area contributed by atoms with Crippen LogP contribution >= 0.6 is 7.82 Å². The van der Waals surface area contributed by atoms with Crippen LogP contribution in [0, 0.1) is 0 Å². The van der Waals surface area contributed by atoms with Gasteiger partial charge in [-0.3, -0.25) is 18.5 Å². The minimum absolute atomic E-state index is 0.156. The average molecular weight is 405 g/mol. The largest absolute Gasteiger partial charge is 0.476 e. The molecule has 0 aliphatic rings. The molecule has 0 fully saturated rings. The Morgan fingerprint density at radius 2 is 1.14 bits per heavy atom. The van der Waals surface area contributed by atoms with Gasteiger partial charge in [0.15, 0.2) is 0 Å². The number of phosphoric acid groups is 1. The average Bonchev–Trinajstić information content (AvgIpc) is 2.66. The van der Waals surface area contributed by atoms with Crippen LogP contribution in [0.1, 0.15) is 45.7 Å². The van der Waals surface area contributed by atoms with Gasteiger partial charge in [0.05, 0.1) is 13.2 Å². The van der Waals surface area contributed by atoms with Gasteiger partial charge in [-0.25, -0.2) is 4.57 Å². The van der Waals surface area contributed by atoms with Gasteiger partial charge in [0.2, 0.25) is 0 Å². The summed E-state index contributed by atoms with van der Waals surface area (Å²) in [5.41, 5.74) is 1.82. The predicted molar refractivity (Wildman–Crippen MR) is 113 cm³/mol. The first kappa shape index (κ1) is 22.8. The zero-order valence-electron chi connectivity index (χ0n) is 17.4. The van der Waals surface area contributed by atoms with E-state index in [9.17, 15) is 4.57 Å². The van der Waals surface area contributed by atoms with Crippen molar-refractivity contribution < 1.29 is 18.1 Å². The SMILES string of the molecule is CC(C)N(C(C)C)C(C)OP(=O)(OCc1ccccc1)OCc1ccccc1. The van der Waals surface area contributed by atoms with Crippen molar-refractivity contribution in [1.82, 2.24) is 4.90 Å². The number of rotatable bonds is 11. The van der Waals surface area contributed by atoms with Crippen molar-refractivity contribution in [2.75, 3.05) is 0 Å². The molecule has 1 unspecified atom stereocenters. The summed E-state index contributed by atoms with van der Waals surface area (Å²) in [6, 6.07) is 19.6. The Hall–Kier alpha value is -1.49. The quantitative estimate of drug-likeness (QED) is 0.338. The Labute approximate surface area is 169 Å². The van der Waals surface area contributed by atoms with Crippen LogP contribution in [0.4, 0.5) is 0 Å². The van der Waals surface area contributed by atoms with Gasteiger partial charge < -0.3 is 0 Å². The maximum absolute atomic E-state index is 13.4. The summed E-state index contributed by atoms with van der Waals surface area (Å²) in [7, 11) is -3.78. The minimum atomic E-state index is -3.78. The smallest absolute Gasteiger partial charge is 0.282 e. The van der Waals surface area contributed by atoms with Gasteiger partial charge in [-0.05, 0) is 45.7 Å². The summed E-state index contributed by atoms with van der Waals surface area (Å²) in [6.07, 6.45) is -0.419. The van der Waals surface area contributed by atoms with E-state index in [1.807, 2.05) is 67.6 Å². The molecule has 0 aliphatic heterocycles. The van der Waals surface area contributed by atoms with Crippen LogP contribution in [0.2, 0.25) is 0 Å². The molecule has 0 radical (unpaired) electrons. The molecule has 5 nitrogen and oxygen atoms in total. The van der Waals surface area contributed by atoms with Crippen LogP contribution in [0.3, 0.4) is 0 Å². The van der Waals surface area contributed by atoms with Gasteiger partial charge in [0.25, 0.3) is 0 Å². The Bertz CT molecular complexity index is 681. The van der Waals surface area contributed by atoms with Crippen LogP contribution in [-0.2, 0) is 31.4 Å². The molecule has 0 N–H and O–H groups in total. The Balaban J connectivity index is 2.12. The van der Waals surface area contributed by atoms with Crippen molar-refractivity contribution in [3.63, 3.8) is 0 Å². The highest BCUT2D eigenvalue weighted by Crippen LogP contribution is 2.52. The second-order valence-corrected chi connectivity index (χ2v) is 8.93. The summed E-state index contributed by atoms with van der Waals surface area (Å²) in [6.45, 7) is 10.5. The van der Waals surface area contributed by atoms with Crippen LogP contribution < -0.4 is 0 Å². The molecule has 2 rings (SSSR count). The van der Waals surface area contributed by atoms with Gasteiger partial charge in [-0.2, -0.15) is 0 Å². The van der Waals surface area contributed by atoms with Gasteiger partial charge in [0.1, 0.15) is 6.23 Å². The number of hydrogen-bond donors (Lipinski definition) is 0. The van der Waals surface area contributed by atoms with E-state index >= 15 is 0 Å². The molecule has 6 heteroatoms. The third kappa shape index (κ3) is 7.16. The molecule has 2 aromatic carbocycles. The fourth-order valence-corrected chi connectivity index (χ4v) is 4.52. The van der Waals surface area contributed by atoms with Crippen molar-refractivity contribution >= 4 is 7.82 Å². The van der Waals surface area contributed by atoms with E-state index in [2.05, 4.69) is 32.6 Å². The number of phosphoric ester groups is 1. The number of benzene rings is 2. The lowest BCUT2D eigenvalue weighted by Gasteiger charge is -2.36. The lowest BCUT2D eigenvalue weighted by molar-refractivity contribution is -0.0360. The predicted octanol–water partition coefficient (Wildman–Crippen LogP) is 6.01. The first-order valence-corrected chi connectivity index (χ1v) is 11.2. The van der Waals surface area contributed by atoms with Crippen molar-refractivity contribution in [3.05, 3.63) is 71.8 Å². The summed E-state index contributed by atoms with van der Waals surface area (Å²) in [5, 5.41) is 0. The molecule has 0 spiro atoms. The molecule has 0 amide bonds. The normalized spacial score (nSPS) is 13.4. The maximum Gasteiger partial charge on any atom is 0.476 e. The molecule has 0 heterocycles. The monoisotopic (exact) mass is 405 g/mol. The van der Waals surface area contributed by atoms with E-state index in [0.29, 0.717) is 0 Å². The minimum Gasteiger partial charge on any atom is -0.282 e. The second kappa shape index (κ2) is 10.9. The molecular formula is C22H32NO4P. The summed E-state index contributed by atoms with van der Waals surface area (Å²) < 4.78 is 30.7. The topological polar surface area (TPSA) is 48.0 Å². The molecule has 0 saturated heterocycles. The number of nitrogens with zero attached hydrogens (tertiary/aromatic N) is 1. The van der Waals surface area contributed by atoms with Crippen molar-refractivity contribution in [2.45, 2.75) is 66.1 Å². The summed E-state index contributed by atoms with van der Waals surface area (Å²) in [4.78, 5) is 2.13. The third-order valence-corrected chi connectivity index (χ3v) is 5.81. The van der Waals surface area contributed by atoms with E-state index in [4.69, 9.17) is 13.6 Å². The van der Waals surface area contributed by atoms with E-state index in [1.54, 1.807) is 0 Å². The molecule has 1 atom stereocenters. The molecule has 0 saturated carbocycles. The third-order valence-electron chi connectivity index (χ3n) is 4.36. The first-order valence-electron chi connectivity index (χ1n) is 9.73. The number of hydrogen-bond acceptors (Lipinski definition) is 5. The van der Waals surface area contributed by atoms with Crippen LogP contribution in [-0.4, -0.2) is 23.2 Å². The van der Waals surface area contributed by atoms with Gasteiger partial charge in [0, 0.05) is 12.1 Å². The summed E-state index contributed by atoms with van der Waals surface area (Å²) in [5.74, 6) is 0. The zero-order valence-corrected chi connectivity index (χ0v) is 18.3. The van der Waals surface area contributed by atoms with Crippen molar-refractivity contribution in [1.29, 1.82) is 0 Å². The molecule has 0 aromatic heterocycles. The van der Waals surface area contributed by atoms with Gasteiger partial charge in [-0.15, -0.1) is 0 Å². The molecule has 0 bridgehead atoms. The van der Waals surface area contributed by atoms with Gasteiger partial charge in [-0.1, -0.05) is 60.7 Å². The lowest BCUT2D eigenvalue weighted by atomic mass is 10.2. The zero-order chi connectivity index (χ0) is 20.6. The Morgan fingerprint density at radius 1 is 0.750 bits per heavy atom. The molecule has 28 heavy (non-hydrogen) atoms. The summed E-state index contributed by atoms with van der Waals surface area (Å²) >= 11 is 0. The fraction of sp³-hybridized carbons (Fsp3) is 0.455. The van der Waals surface area contributed by atoms with E-state index in [0.717, 1.165) is 11.1 Å². The van der Waals surface area contributed by atoms with Crippen LogP contribution in [0.25, 0.3) is 0 Å². The van der Waals surface area contributed by atoms with Gasteiger partial charge >= 0.3 is 7.82 Å². The molecule has 154 valence electrons. The maximum atomic E-state index is 13.4. The standard InChI is InChI=1S/C22H32NO4P/c1-18(2)23(19(3)4)20(5)27-28(24,25-16-21-12-8-6-9-13-21)26-17-22-14-10-7-11-15-22/h6-15,18-20H,16-17H2,1-5H3. The van der Waals surface area contributed by atoms with E-state index in [1.165, 1.54) is 0 Å². The van der Waals surface area contributed by atoms with E-state index in [-0.39, 0.29) is 25.3 Å². The first-order chi connectivity index (χ1) is 13.3. The molecular weight excluding hydrogens is 373 g/mol. The highest BCUT2D eigenvalue weighted by Gasteiger charge is 2.33. The van der Waals surface area contributed by atoms with Crippen LogP contribution in [0.5, 0.6) is 0 Å². The van der Waals surface area contributed by atoms with Crippen molar-refractivity contribution in [2.24, 2.45) is 0 Å². The molecule has 0 aliphatic carbocycles. The van der Waals surface area contributed by atoms with Crippen molar-refractivity contribution in [3.8, 4) is 0 Å². The lowest BCUT2D eigenvalue weighted by Crippen LogP contribution is -2.44. The second-order valence-electron chi connectivity index (χ2n) is 7.30. The highest BCUT2D eigenvalue weighted by molar-refractivity contribution is 7.48.